The van der Waals surface area contributed by atoms with Gasteiger partial charge in [-0.1, -0.05) is 48.0 Å². The van der Waals surface area contributed by atoms with Crippen molar-refractivity contribution < 1.29 is 23.5 Å². The summed E-state index contributed by atoms with van der Waals surface area (Å²) in [6.45, 7) is 1.60. The number of furan rings is 1. The number of carbonyl (C=O) groups excluding carboxylic acids is 3. The number of ether oxygens (including phenoxy) is 1. The van der Waals surface area contributed by atoms with Crippen LogP contribution in [0.3, 0.4) is 0 Å². The lowest BCUT2D eigenvalue weighted by atomic mass is 10.1. The molecule has 2 aromatic carbocycles. The third kappa shape index (κ3) is 6.23. The number of hydrogen-bond donors (Lipinski definition) is 2. The van der Waals surface area contributed by atoms with Gasteiger partial charge in [0.2, 0.25) is 0 Å². The average Bonchev–Trinajstić information content (AvgIpc) is 3.55. The molecule has 0 saturated carbocycles. The lowest BCUT2D eigenvalue weighted by molar-refractivity contribution is -0.147. The topological polar surface area (TPSA) is 115 Å². The Labute approximate surface area is 201 Å². The maximum absolute atomic E-state index is 12.5. The molecule has 35 heavy (non-hydrogen) atoms. The Hall–Kier alpha value is -4.66. The van der Waals surface area contributed by atoms with Gasteiger partial charge >= 0.3 is 5.97 Å². The molecular formula is C26H24N4O5. The zero-order chi connectivity index (χ0) is 24.6. The van der Waals surface area contributed by atoms with Crippen molar-refractivity contribution in [1.82, 2.24) is 15.1 Å². The molecule has 0 bridgehead atoms. The Morgan fingerprint density at radius 1 is 1.00 bits per heavy atom. The Morgan fingerprint density at radius 3 is 2.49 bits per heavy atom. The molecule has 0 saturated heterocycles. The summed E-state index contributed by atoms with van der Waals surface area (Å²) in [6, 6.07) is 22.2. The first-order chi connectivity index (χ1) is 17.0. The zero-order valence-corrected chi connectivity index (χ0v) is 19.1. The number of benzene rings is 2. The monoisotopic (exact) mass is 472 g/mol. The average molecular weight is 473 g/mol. The molecular weight excluding hydrogens is 448 g/mol. The number of aryl methyl sites for hydroxylation is 1. The van der Waals surface area contributed by atoms with E-state index in [-0.39, 0.29) is 18.7 Å². The Morgan fingerprint density at radius 2 is 1.77 bits per heavy atom. The predicted molar refractivity (Wildman–Crippen MR) is 129 cm³/mol. The summed E-state index contributed by atoms with van der Waals surface area (Å²) in [6.07, 6.45) is 1.30. The second kappa shape index (κ2) is 11.0. The van der Waals surface area contributed by atoms with Gasteiger partial charge in [-0.15, -0.1) is 0 Å². The molecule has 0 spiro atoms. The normalized spacial score (nSPS) is 10.5. The van der Waals surface area contributed by atoms with Gasteiger partial charge in [0.15, 0.2) is 12.4 Å². The Bertz CT molecular complexity index is 1300. The van der Waals surface area contributed by atoms with Crippen molar-refractivity contribution in [2.24, 2.45) is 0 Å². The molecule has 9 heteroatoms. The maximum atomic E-state index is 12.5. The molecule has 2 amide bonds. The highest BCUT2D eigenvalue weighted by Gasteiger charge is 2.15. The van der Waals surface area contributed by atoms with E-state index in [2.05, 4.69) is 15.7 Å². The van der Waals surface area contributed by atoms with Gasteiger partial charge in [0.05, 0.1) is 24.1 Å². The number of nitrogens with one attached hydrogen (secondary N) is 2. The van der Waals surface area contributed by atoms with E-state index in [1.807, 2.05) is 61.5 Å². The quantitative estimate of drug-likeness (QED) is 0.359. The van der Waals surface area contributed by atoms with E-state index in [1.165, 1.54) is 12.3 Å². The molecule has 0 atom stereocenters. The van der Waals surface area contributed by atoms with Crippen LogP contribution in [0.25, 0.3) is 16.9 Å². The number of rotatable bonds is 9. The zero-order valence-electron chi connectivity index (χ0n) is 19.1. The molecule has 2 heterocycles. The van der Waals surface area contributed by atoms with Crippen LogP contribution < -0.4 is 10.6 Å². The number of nitrogens with zero attached hydrogens (tertiary/aromatic N) is 2. The largest absolute Gasteiger partial charge is 0.459 e. The summed E-state index contributed by atoms with van der Waals surface area (Å²) in [7, 11) is 0. The standard InChI is InChI=1S/C26H24N4O5/c1-18-9-11-19(12-10-18)21-16-23(30(29-21)20-6-3-2-4-7-20)28-24(31)17-35-25(32)13-14-27-26(33)22-8-5-15-34-22/h2-12,15-16H,13-14,17H2,1H3,(H,27,33)(H,28,31). The molecule has 0 aliphatic rings. The van der Waals surface area contributed by atoms with Gasteiger partial charge in [-0.2, -0.15) is 5.10 Å². The van der Waals surface area contributed by atoms with Crippen LogP contribution in [0.5, 0.6) is 0 Å². The third-order valence-electron chi connectivity index (χ3n) is 5.05. The van der Waals surface area contributed by atoms with E-state index >= 15 is 0 Å². The molecule has 4 rings (SSSR count). The van der Waals surface area contributed by atoms with Crippen LogP contribution in [0, 0.1) is 6.92 Å². The highest BCUT2D eigenvalue weighted by Crippen LogP contribution is 2.25. The summed E-state index contributed by atoms with van der Waals surface area (Å²) >= 11 is 0. The van der Waals surface area contributed by atoms with Crippen molar-refractivity contribution in [1.29, 1.82) is 0 Å². The number of anilines is 1. The minimum absolute atomic E-state index is 0.0562. The number of aromatic nitrogens is 2. The highest BCUT2D eigenvalue weighted by molar-refractivity contribution is 5.93. The van der Waals surface area contributed by atoms with Crippen molar-refractivity contribution in [3.8, 4) is 16.9 Å². The summed E-state index contributed by atoms with van der Waals surface area (Å²) in [5.41, 5.74) is 3.50. The number of amides is 2. The second-order valence-corrected chi connectivity index (χ2v) is 7.72. The van der Waals surface area contributed by atoms with Crippen LogP contribution in [0.15, 0.2) is 83.5 Å². The fraction of sp³-hybridized carbons (Fsp3) is 0.154. The molecule has 4 aromatic rings. The molecule has 0 unspecified atom stereocenters. The van der Waals surface area contributed by atoms with Crippen LogP contribution in [0.1, 0.15) is 22.5 Å². The first-order valence-corrected chi connectivity index (χ1v) is 11.0. The van der Waals surface area contributed by atoms with Crippen molar-refractivity contribution in [3.63, 3.8) is 0 Å². The van der Waals surface area contributed by atoms with Gasteiger partial charge in [-0.05, 0) is 31.2 Å². The summed E-state index contributed by atoms with van der Waals surface area (Å²) in [4.78, 5) is 36.3. The van der Waals surface area contributed by atoms with Crippen LogP contribution in [0.4, 0.5) is 5.82 Å². The van der Waals surface area contributed by atoms with E-state index in [1.54, 1.807) is 16.8 Å². The maximum Gasteiger partial charge on any atom is 0.308 e. The van der Waals surface area contributed by atoms with E-state index in [4.69, 9.17) is 9.15 Å². The minimum atomic E-state index is -0.614. The molecule has 0 fully saturated rings. The second-order valence-electron chi connectivity index (χ2n) is 7.72. The molecule has 9 nitrogen and oxygen atoms in total. The summed E-state index contributed by atoms with van der Waals surface area (Å²) in [5.74, 6) is -0.960. The fourth-order valence-electron chi connectivity index (χ4n) is 3.27. The van der Waals surface area contributed by atoms with Gasteiger partial charge in [-0.25, -0.2) is 4.68 Å². The lowest BCUT2D eigenvalue weighted by Crippen LogP contribution is -2.27. The SMILES string of the molecule is Cc1ccc(-c2cc(NC(=O)COC(=O)CCNC(=O)c3ccco3)n(-c3ccccc3)n2)cc1. The molecule has 2 N–H and O–H groups in total. The number of hydrogen-bond acceptors (Lipinski definition) is 6. The van der Waals surface area contributed by atoms with Crippen LogP contribution in [-0.4, -0.2) is 40.7 Å². The number of para-hydroxylation sites is 1. The first-order valence-electron chi connectivity index (χ1n) is 11.0. The number of esters is 1. The van der Waals surface area contributed by atoms with E-state index in [0.717, 1.165) is 16.8 Å². The molecule has 0 aliphatic carbocycles. The third-order valence-corrected chi connectivity index (χ3v) is 5.05. The molecule has 0 radical (unpaired) electrons. The molecule has 0 aliphatic heterocycles. The van der Waals surface area contributed by atoms with Gasteiger partial charge in [0.25, 0.3) is 11.8 Å². The van der Waals surface area contributed by atoms with Crippen molar-refractivity contribution in [2.45, 2.75) is 13.3 Å². The smallest absolute Gasteiger partial charge is 0.308 e. The molecule has 178 valence electrons. The van der Waals surface area contributed by atoms with Gasteiger partial charge in [-0.3, -0.25) is 14.4 Å². The predicted octanol–water partition coefficient (Wildman–Crippen LogP) is 3.74. The minimum Gasteiger partial charge on any atom is -0.459 e. The summed E-state index contributed by atoms with van der Waals surface area (Å²) in [5, 5.41) is 9.96. The lowest BCUT2D eigenvalue weighted by Gasteiger charge is -2.09. The van der Waals surface area contributed by atoms with Crippen LogP contribution in [0.2, 0.25) is 0 Å². The van der Waals surface area contributed by atoms with Crippen molar-refractivity contribution in [2.75, 3.05) is 18.5 Å². The van der Waals surface area contributed by atoms with Gasteiger partial charge in [0, 0.05) is 18.2 Å². The van der Waals surface area contributed by atoms with Gasteiger partial charge in [0.1, 0.15) is 5.82 Å². The fourth-order valence-corrected chi connectivity index (χ4v) is 3.27. The Balaban J connectivity index is 1.36. The van der Waals surface area contributed by atoms with E-state index < -0.39 is 24.4 Å². The van der Waals surface area contributed by atoms with Crippen molar-refractivity contribution >= 4 is 23.6 Å². The number of carbonyl (C=O) groups is 3. The van der Waals surface area contributed by atoms with Crippen molar-refractivity contribution in [3.05, 3.63) is 90.4 Å². The van der Waals surface area contributed by atoms with Crippen LogP contribution in [-0.2, 0) is 14.3 Å². The van der Waals surface area contributed by atoms with Gasteiger partial charge < -0.3 is 19.8 Å². The van der Waals surface area contributed by atoms with Crippen LogP contribution >= 0.6 is 0 Å². The first kappa shape index (κ1) is 23.5. The molecule has 2 aromatic heterocycles. The Kier molecular flexibility index (Phi) is 7.37. The van der Waals surface area contributed by atoms with E-state index in [0.29, 0.717) is 11.5 Å². The highest BCUT2D eigenvalue weighted by atomic mass is 16.5. The van der Waals surface area contributed by atoms with E-state index in [9.17, 15) is 14.4 Å². The summed E-state index contributed by atoms with van der Waals surface area (Å²) < 4.78 is 11.6.